The van der Waals surface area contributed by atoms with Gasteiger partial charge in [0.1, 0.15) is 6.54 Å². The average molecular weight is 511 g/mol. The Morgan fingerprint density at radius 1 is 1.14 bits per heavy atom. The van der Waals surface area contributed by atoms with Gasteiger partial charge in [-0.3, -0.25) is 9.36 Å². The molecule has 1 atom stereocenters. The average Bonchev–Trinajstić information content (AvgIpc) is 3.08. The second-order valence-electron chi connectivity index (χ2n) is 8.70. The molecule has 0 saturated carbocycles. The molecule has 0 saturated heterocycles. The van der Waals surface area contributed by atoms with Gasteiger partial charge in [-0.1, -0.05) is 30.7 Å². The highest BCUT2D eigenvalue weighted by Gasteiger charge is 2.32. The highest BCUT2D eigenvalue weighted by atomic mass is 35.5. The van der Waals surface area contributed by atoms with Gasteiger partial charge < -0.3 is 10.4 Å². The predicted octanol–water partition coefficient (Wildman–Crippen LogP) is 4.21. The summed E-state index contributed by atoms with van der Waals surface area (Å²) in [6, 6.07) is 11.3. The number of amides is 1. The fourth-order valence-electron chi connectivity index (χ4n) is 3.54. The van der Waals surface area contributed by atoms with Crippen molar-refractivity contribution in [1.29, 1.82) is 0 Å². The zero-order valence-corrected chi connectivity index (χ0v) is 20.2. The smallest absolute Gasteiger partial charge is 0.391 e. The summed E-state index contributed by atoms with van der Waals surface area (Å²) in [6.45, 7) is 4.42. The van der Waals surface area contributed by atoms with Crippen LogP contribution in [0.1, 0.15) is 38.3 Å². The van der Waals surface area contributed by atoms with Crippen molar-refractivity contribution >= 4 is 17.5 Å². The van der Waals surface area contributed by atoms with Gasteiger partial charge in [-0.2, -0.15) is 13.2 Å². The van der Waals surface area contributed by atoms with Crippen LogP contribution in [0.5, 0.6) is 0 Å². The minimum absolute atomic E-state index is 0.0232. The molecule has 35 heavy (non-hydrogen) atoms. The molecule has 3 rings (SSSR count). The summed E-state index contributed by atoms with van der Waals surface area (Å²) in [5, 5.41) is 17.6. The van der Waals surface area contributed by atoms with Gasteiger partial charge in [0.05, 0.1) is 23.8 Å². The molecule has 0 bridgehead atoms. The Bertz CT molecular complexity index is 1250. The third-order valence-corrected chi connectivity index (χ3v) is 5.80. The summed E-state index contributed by atoms with van der Waals surface area (Å²) in [4.78, 5) is 25.8. The van der Waals surface area contributed by atoms with Crippen molar-refractivity contribution in [3.05, 3.63) is 75.2 Å². The SMILES string of the molecule is CCC(O)Cn1c(-c2ccc(Cl)cc2)nn(CC(=O)NC(C)(C)c2cccc(C(F)(F)F)c2)c1=O. The lowest BCUT2D eigenvalue weighted by Crippen LogP contribution is -2.44. The molecular formula is C24H26ClF3N4O3. The van der Waals surface area contributed by atoms with Crippen LogP contribution in [0.15, 0.2) is 53.3 Å². The molecule has 0 aliphatic heterocycles. The van der Waals surface area contributed by atoms with Crippen LogP contribution in [-0.2, 0) is 29.6 Å². The predicted molar refractivity (Wildman–Crippen MR) is 126 cm³/mol. The minimum Gasteiger partial charge on any atom is -0.391 e. The Balaban J connectivity index is 1.88. The number of carbonyl (C=O) groups excluding carboxylic acids is 1. The van der Waals surface area contributed by atoms with Gasteiger partial charge in [-0.05, 0) is 62.2 Å². The van der Waals surface area contributed by atoms with Gasteiger partial charge in [-0.15, -0.1) is 5.10 Å². The number of aliphatic hydroxyl groups is 1. The molecule has 188 valence electrons. The number of nitrogens with zero attached hydrogens (tertiary/aromatic N) is 3. The maximum absolute atomic E-state index is 13.1. The quantitative estimate of drug-likeness (QED) is 0.475. The molecule has 2 aromatic carbocycles. The van der Waals surface area contributed by atoms with Crippen LogP contribution in [0.2, 0.25) is 5.02 Å². The van der Waals surface area contributed by atoms with E-state index < -0.39 is 41.5 Å². The van der Waals surface area contributed by atoms with Gasteiger partial charge in [0.25, 0.3) is 0 Å². The fraction of sp³-hybridized carbons (Fsp3) is 0.375. The van der Waals surface area contributed by atoms with Crippen LogP contribution in [-0.4, -0.2) is 31.5 Å². The molecule has 7 nitrogen and oxygen atoms in total. The number of alkyl halides is 3. The van der Waals surface area contributed by atoms with E-state index in [9.17, 15) is 27.9 Å². The number of hydrogen-bond donors (Lipinski definition) is 2. The molecule has 0 aliphatic carbocycles. The summed E-state index contributed by atoms with van der Waals surface area (Å²) in [5.74, 6) is -0.359. The van der Waals surface area contributed by atoms with Crippen molar-refractivity contribution in [2.24, 2.45) is 0 Å². The lowest BCUT2D eigenvalue weighted by Gasteiger charge is -2.27. The minimum atomic E-state index is -4.52. The first kappa shape index (κ1) is 26.5. The van der Waals surface area contributed by atoms with E-state index >= 15 is 0 Å². The molecule has 2 N–H and O–H groups in total. The standard InChI is InChI=1S/C24H26ClF3N4O3/c1-4-19(33)13-31-21(15-8-10-18(25)11-9-15)30-32(22(31)35)14-20(34)29-23(2,3)16-6-5-7-17(12-16)24(26,27)28/h5-12,19,33H,4,13-14H2,1-3H3,(H,29,34). The fourth-order valence-corrected chi connectivity index (χ4v) is 3.67. The maximum Gasteiger partial charge on any atom is 0.416 e. The molecule has 1 heterocycles. The third-order valence-electron chi connectivity index (χ3n) is 5.55. The first-order valence-corrected chi connectivity index (χ1v) is 11.3. The van der Waals surface area contributed by atoms with Gasteiger partial charge in [0.15, 0.2) is 5.82 Å². The molecule has 11 heteroatoms. The second kappa shape index (κ2) is 10.2. The Morgan fingerprint density at radius 2 is 1.77 bits per heavy atom. The van der Waals surface area contributed by atoms with Crippen molar-refractivity contribution in [3.8, 4) is 11.4 Å². The lowest BCUT2D eigenvalue weighted by atomic mass is 9.92. The highest BCUT2D eigenvalue weighted by Crippen LogP contribution is 2.32. The number of aromatic nitrogens is 3. The Morgan fingerprint density at radius 3 is 2.37 bits per heavy atom. The van der Waals surface area contributed by atoms with Crippen LogP contribution in [0.3, 0.4) is 0 Å². The van der Waals surface area contributed by atoms with Crippen molar-refractivity contribution in [1.82, 2.24) is 19.7 Å². The zero-order valence-electron chi connectivity index (χ0n) is 19.4. The zero-order chi connectivity index (χ0) is 26.0. The summed E-state index contributed by atoms with van der Waals surface area (Å²) in [7, 11) is 0. The van der Waals surface area contributed by atoms with Gasteiger partial charge in [-0.25, -0.2) is 9.48 Å². The first-order valence-electron chi connectivity index (χ1n) is 10.9. The lowest BCUT2D eigenvalue weighted by molar-refractivity contribution is -0.137. The first-order chi connectivity index (χ1) is 16.3. The number of benzene rings is 2. The van der Waals surface area contributed by atoms with Gasteiger partial charge >= 0.3 is 11.9 Å². The van der Waals surface area contributed by atoms with Gasteiger partial charge in [0, 0.05) is 10.6 Å². The van der Waals surface area contributed by atoms with Crippen LogP contribution < -0.4 is 11.0 Å². The normalized spacial score (nSPS) is 13.0. The van der Waals surface area contributed by atoms with E-state index in [-0.39, 0.29) is 17.9 Å². The van der Waals surface area contributed by atoms with Crippen molar-refractivity contribution in [3.63, 3.8) is 0 Å². The molecule has 1 aromatic heterocycles. The number of aliphatic hydroxyl groups excluding tert-OH is 1. The van der Waals surface area contributed by atoms with Gasteiger partial charge in [0.2, 0.25) is 5.91 Å². The maximum atomic E-state index is 13.1. The van der Waals surface area contributed by atoms with Crippen LogP contribution >= 0.6 is 11.6 Å². The topological polar surface area (TPSA) is 89.2 Å². The third kappa shape index (κ3) is 6.32. The highest BCUT2D eigenvalue weighted by molar-refractivity contribution is 6.30. The van der Waals surface area contributed by atoms with E-state index in [1.165, 1.54) is 16.7 Å². The molecule has 1 amide bonds. The van der Waals surface area contributed by atoms with E-state index in [1.54, 1.807) is 45.0 Å². The summed E-state index contributed by atoms with van der Waals surface area (Å²) >= 11 is 5.95. The second-order valence-corrected chi connectivity index (χ2v) is 9.13. The van der Waals surface area contributed by atoms with Crippen molar-refractivity contribution in [2.45, 2.75) is 58.1 Å². The Kier molecular flexibility index (Phi) is 7.76. The molecule has 0 aliphatic rings. The Hall–Kier alpha value is -3.11. The molecule has 3 aromatic rings. The van der Waals surface area contributed by atoms with Crippen LogP contribution in [0.25, 0.3) is 11.4 Å². The molecule has 0 radical (unpaired) electrons. The summed E-state index contributed by atoms with van der Waals surface area (Å²) in [5.41, 5.74) is -1.75. The van der Waals surface area contributed by atoms with Crippen molar-refractivity contribution in [2.75, 3.05) is 0 Å². The number of hydrogen-bond acceptors (Lipinski definition) is 4. The summed E-state index contributed by atoms with van der Waals surface area (Å²) < 4.78 is 41.6. The largest absolute Gasteiger partial charge is 0.416 e. The monoisotopic (exact) mass is 510 g/mol. The summed E-state index contributed by atoms with van der Waals surface area (Å²) in [6.07, 6.45) is -4.91. The van der Waals surface area contributed by atoms with E-state index in [2.05, 4.69) is 10.4 Å². The number of carbonyl (C=O) groups is 1. The van der Waals surface area contributed by atoms with Crippen molar-refractivity contribution < 1.29 is 23.1 Å². The molecule has 1 unspecified atom stereocenters. The van der Waals surface area contributed by atoms with Crippen LogP contribution in [0.4, 0.5) is 13.2 Å². The Labute approximate surface area is 205 Å². The number of rotatable bonds is 8. The van der Waals surface area contributed by atoms with E-state index in [1.807, 2.05) is 0 Å². The molecule has 0 fully saturated rings. The van der Waals surface area contributed by atoms with Crippen LogP contribution in [0, 0.1) is 0 Å². The van der Waals surface area contributed by atoms with E-state index in [0.717, 1.165) is 16.8 Å². The van der Waals surface area contributed by atoms with E-state index in [0.29, 0.717) is 17.0 Å². The number of halogens is 4. The number of nitrogens with one attached hydrogen (secondary N) is 1. The molecular weight excluding hydrogens is 485 g/mol. The molecule has 0 spiro atoms. The van der Waals surface area contributed by atoms with E-state index in [4.69, 9.17) is 11.6 Å².